The molecule has 0 atom stereocenters. The van der Waals surface area contributed by atoms with Gasteiger partial charge in [-0.15, -0.1) is 0 Å². The minimum Gasteiger partial charge on any atom is -0.502 e. The van der Waals surface area contributed by atoms with Crippen LogP contribution in [-0.4, -0.2) is 12.2 Å². The van der Waals surface area contributed by atoms with Crippen LogP contribution in [0, 0.1) is 0 Å². The Kier molecular flexibility index (Phi) is 2.11. The quantitative estimate of drug-likeness (QED) is 0.646. The van der Waals surface area contributed by atoms with Crippen molar-refractivity contribution in [3.8, 4) is 11.5 Å². The minimum absolute atomic E-state index is 0.194. The van der Waals surface area contributed by atoms with Gasteiger partial charge in [-0.05, 0) is 12.1 Å². The molecule has 3 heteroatoms. The van der Waals surface area contributed by atoms with Crippen molar-refractivity contribution in [1.82, 2.24) is 0 Å². The molecule has 0 fully saturated rings. The fourth-order valence-corrected chi connectivity index (χ4v) is 0.730. The first-order valence-corrected chi connectivity index (χ1v) is 3.12. The van der Waals surface area contributed by atoms with E-state index in [2.05, 4.69) is 0 Å². The predicted molar refractivity (Wildman–Crippen MR) is 40.9 cm³/mol. The van der Waals surface area contributed by atoms with Crippen LogP contribution < -0.4 is 10.2 Å². The van der Waals surface area contributed by atoms with Gasteiger partial charge in [0, 0.05) is 0 Å². The van der Waals surface area contributed by atoms with Crippen LogP contribution in [-0.2, 0) is 0 Å². The zero-order valence-electron chi connectivity index (χ0n) is 6.07. The monoisotopic (exact) mass is 152 g/mol. The molecule has 58 valence electrons. The maximum absolute atomic E-state index is 10.9. The molecule has 1 N–H and O–H groups in total. The van der Waals surface area contributed by atoms with Gasteiger partial charge in [-0.25, -0.2) is 0 Å². The smallest absolute Gasteiger partial charge is 0.224 e. The molecule has 0 unspecified atom stereocenters. The highest BCUT2D eigenvalue weighted by Crippen LogP contribution is 2.17. The molecule has 0 amide bonds. The zero-order chi connectivity index (χ0) is 8.27. The van der Waals surface area contributed by atoms with Gasteiger partial charge in [-0.2, -0.15) is 0 Å². The number of hydrogen-bond acceptors (Lipinski definition) is 3. The van der Waals surface area contributed by atoms with E-state index in [-0.39, 0.29) is 11.5 Å². The highest BCUT2D eigenvalue weighted by molar-refractivity contribution is 5.36. The Bertz CT molecular complexity index is 306. The molecule has 0 aliphatic carbocycles. The maximum Gasteiger partial charge on any atom is 0.224 e. The summed E-state index contributed by atoms with van der Waals surface area (Å²) in [6.07, 6.45) is 0. The first-order chi connectivity index (χ1) is 5.25. The van der Waals surface area contributed by atoms with Gasteiger partial charge in [0.1, 0.15) is 0 Å². The molecule has 1 aromatic rings. The zero-order valence-corrected chi connectivity index (χ0v) is 6.07. The van der Waals surface area contributed by atoms with E-state index in [1.54, 1.807) is 12.1 Å². The largest absolute Gasteiger partial charge is 0.502 e. The fourth-order valence-electron chi connectivity index (χ4n) is 0.730. The number of aromatic hydroxyl groups is 1. The van der Waals surface area contributed by atoms with E-state index in [1.807, 2.05) is 0 Å². The van der Waals surface area contributed by atoms with Crippen LogP contribution in [0.1, 0.15) is 0 Å². The summed E-state index contributed by atoms with van der Waals surface area (Å²) in [6, 6.07) is 5.97. The third kappa shape index (κ3) is 1.49. The molecule has 0 saturated carbocycles. The Hall–Kier alpha value is -1.51. The third-order valence-electron chi connectivity index (χ3n) is 1.29. The maximum atomic E-state index is 10.9. The standard InChI is InChI=1S/C8H8O3/c1-11-7-5-3-2-4-6(9)8(7)10/h2-5H,1H3,(H,9,10). The average molecular weight is 152 g/mol. The van der Waals surface area contributed by atoms with Gasteiger partial charge >= 0.3 is 0 Å². The van der Waals surface area contributed by atoms with Crippen LogP contribution in [0.3, 0.4) is 0 Å². The first kappa shape index (κ1) is 7.60. The lowest BCUT2D eigenvalue weighted by Crippen LogP contribution is -1.94. The van der Waals surface area contributed by atoms with Gasteiger partial charge in [-0.3, -0.25) is 4.79 Å². The van der Waals surface area contributed by atoms with Crippen LogP contribution in [0.15, 0.2) is 29.1 Å². The van der Waals surface area contributed by atoms with Crippen LogP contribution >= 0.6 is 0 Å². The molecule has 0 aromatic heterocycles. The van der Waals surface area contributed by atoms with Crippen molar-refractivity contribution < 1.29 is 9.84 Å². The van der Waals surface area contributed by atoms with E-state index in [4.69, 9.17) is 9.84 Å². The van der Waals surface area contributed by atoms with Crippen molar-refractivity contribution >= 4 is 0 Å². The molecule has 3 nitrogen and oxygen atoms in total. The molecule has 0 aliphatic heterocycles. The summed E-state index contributed by atoms with van der Waals surface area (Å²) in [7, 11) is 1.40. The van der Waals surface area contributed by atoms with Crippen LogP contribution in [0.2, 0.25) is 0 Å². The Balaban J connectivity index is 3.42. The average Bonchev–Trinajstić information content (AvgIpc) is 2.16. The minimum atomic E-state index is -0.438. The van der Waals surface area contributed by atoms with Crippen molar-refractivity contribution in [3.05, 3.63) is 34.5 Å². The van der Waals surface area contributed by atoms with Crippen molar-refractivity contribution in [2.24, 2.45) is 0 Å². The van der Waals surface area contributed by atoms with Gasteiger partial charge in [0.15, 0.2) is 5.75 Å². The van der Waals surface area contributed by atoms with E-state index in [9.17, 15) is 4.79 Å². The number of methoxy groups -OCH3 is 1. The molecular formula is C8H8O3. The van der Waals surface area contributed by atoms with Crippen molar-refractivity contribution in [2.45, 2.75) is 0 Å². The van der Waals surface area contributed by atoms with Crippen molar-refractivity contribution in [2.75, 3.05) is 7.11 Å². The molecule has 0 radical (unpaired) electrons. The lowest BCUT2D eigenvalue weighted by atomic mass is 10.4. The van der Waals surface area contributed by atoms with Gasteiger partial charge in [0.25, 0.3) is 0 Å². The van der Waals surface area contributed by atoms with E-state index in [0.29, 0.717) is 0 Å². The second-order valence-electron chi connectivity index (χ2n) is 2.00. The first-order valence-electron chi connectivity index (χ1n) is 3.12. The van der Waals surface area contributed by atoms with Crippen LogP contribution in [0.25, 0.3) is 0 Å². The summed E-state index contributed by atoms with van der Waals surface area (Å²) in [5.74, 6) is -0.155. The van der Waals surface area contributed by atoms with Gasteiger partial charge in [0.2, 0.25) is 11.2 Å². The summed E-state index contributed by atoms with van der Waals surface area (Å²) in [5.41, 5.74) is -0.438. The molecule has 1 aromatic carbocycles. The molecule has 1 rings (SSSR count). The van der Waals surface area contributed by atoms with Crippen molar-refractivity contribution in [1.29, 1.82) is 0 Å². The Morgan fingerprint density at radius 1 is 1.36 bits per heavy atom. The lowest BCUT2D eigenvalue weighted by molar-refractivity contribution is 0.372. The highest BCUT2D eigenvalue weighted by atomic mass is 16.5. The summed E-state index contributed by atoms with van der Waals surface area (Å²) >= 11 is 0. The second-order valence-corrected chi connectivity index (χ2v) is 2.00. The van der Waals surface area contributed by atoms with E-state index in [0.717, 1.165) is 0 Å². The van der Waals surface area contributed by atoms with Crippen LogP contribution in [0.5, 0.6) is 11.5 Å². The van der Waals surface area contributed by atoms with Gasteiger partial charge in [0.05, 0.1) is 7.11 Å². The summed E-state index contributed by atoms with van der Waals surface area (Å²) in [5, 5.41) is 9.12. The predicted octanol–water partition coefficient (Wildman–Crippen LogP) is 0.761. The van der Waals surface area contributed by atoms with E-state index >= 15 is 0 Å². The Morgan fingerprint density at radius 2 is 2.00 bits per heavy atom. The van der Waals surface area contributed by atoms with Gasteiger partial charge in [-0.1, -0.05) is 12.1 Å². The Morgan fingerprint density at radius 3 is 2.64 bits per heavy atom. The SMILES string of the molecule is COc1ccccc(=O)c1O. The highest BCUT2D eigenvalue weighted by Gasteiger charge is 2.00. The van der Waals surface area contributed by atoms with Gasteiger partial charge < -0.3 is 9.84 Å². The molecule has 0 aliphatic rings. The molecule has 11 heavy (non-hydrogen) atoms. The topological polar surface area (TPSA) is 46.5 Å². The molecule has 0 heterocycles. The Labute approximate surface area is 63.9 Å². The molecule has 0 saturated heterocycles. The number of ether oxygens (including phenoxy) is 1. The third-order valence-corrected chi connectivity index (χ3v) is 1.29. The molecule has 0 spiro atoms. The summed E-state index contributed by atoms with van der Waals surface area (Å²) in [4.78, 5) is 10.9. The second kappa shape index (κ2) is 3.05. The van der Waals surface area contributed by atoms with Crippen LogP contribution in [0.4, 0.5) is 0 Å². The molecule has 0 bridgehead atoms. The van der Waals surface area contributed by atoms with Crippen molar-refractivity contribution in [3.63, 3.8) is 0 Å². The number of hydrogen-bond donors (Lipinski definition) is 1. The number of rotatable bonds is 1. The lowest BCUT2D eigenvalue weighted by Gasteiger charge is -1.95. The summed E-state index contributed by atoms with van der Waals surface area (Å²) in [6.45, 7) is 0. The summed E-state index contributed by atoms with van der Waals surface area (Å²) < 4.78 is 4.74. The fraction of sp³-hybridized carbons (Fsp3) is 0.125. The molecular weight excluding hydrogens is 144 g/mol. The van der Waals surface area contributed by atoms with E-state index < -0.39 is 5.43 Å². The van der Waals surface area contributed by atoms with E-state index in [1.165, 1.54) is 19.2 Å². The normalized spacial score (nSPS) is 9.18.